The quantitative estimate of drug-likeness (QED) is 0.513. The first kappa shape index (κ1) is 16.2. The second kappa shape index (κ2) is 9.99. The summed E-state index contributed by atoms with van der Waals surface area (Å²) in [7, 11) is 0. The van der Waals surface area contributed by atoms with Gasteiger partial charge in [0, 0.05) is 18.4 Å². The summed E-state index contributed by atoms with van der Waals surface area (Å²) in [4.78, 5) is 23.0. The Morgan fingerprint density at radius 3 is 2.53 bits per heavy atom. The molecule has 0 aliphatic heterocycles. The van der Waals surface area contributed by atoms with E-state index in [1.54, 1.807) is 0 Å². The Morgan fingerprint density at radius 2 is 1.79 bits per heavy atom. The van der Waals surface area contributed by atoms with Crippen LogP contribution in [0.25, 0.3) is 0 Å². The highest BCUT2D eigenvalue weighted by Gasteiger charge is 2.30. The van der Waals surface area contributed by atoms with Crippen LogP contribution in [0.1, 0.15) is 71.1 Å². The lowest BCUT2D eigenvalue weighted by molar-refractivity contribution is -0.131. The molecule has 1 amide bonds. The highest BCUT2D eigenvalue weighted by molar-refractivity contribution is 5.81. The van der Waals surface area contributed by atoms with E-state index in [0.717, 1.165) is 44.9 Å². The number of amides is 1. The molecule has 0 aromatic carbocycles. The zero-order chi connectivity index (χ0) is 13.9. The van der Waals surface area contributed by atoms with E-state index in [0.29, 0.717) is 0 Å². The lowest BCUT2D eigenvalue weighted by Crippen LogP contribution is -2.37. The predicted octanol–water partition coefficient (Wildman–Crippen LogP) is 3.47. The second-order valence-corrected chi connectivity index (χ2v) is 5.75. The minimum absolute atomic E-state index is 0.0432. The van der Waals surface area contributed by atoms with Crippen molar-refractivity contribution in [3.63, 3.8) is 0 Å². The summed E-state index contributed by atoms with van der Waals surface area (Å²) < 4.78 is 0. The Morgan fingerprint density at radius 1 is 1.11 bits per heavy atom. The third-order valence-electron chi connectivity index (χ3n) is 4.16. The molecule has 1 aliphatic carbocycles. The molecule has 1 fully saturated rings. The maximum atomic E-state index is 12.0. The van der Waals surface area contributed by atoms with Crippen LogP contribution >= 0.6 is 0 Å². The van der Waals surface area contributed by atoms with Gasteiger partial charge in [-0.15, -0.1) is 0 Å². The van der Waals surface area contributed by atoms with E-state index in [1.807, 2.05) is 0 Å². The monoisotopic (exact) mass is 267 g/mol. The van der Waals surface area contributed by atoms with Crippen LogP contribution in [0, 0.1) is 11.8 Å². The van der Waals surface area contributed by atoms with Crippen LogP contribution in [0.4, 0.5) is 0 Å². The summed E-state index contributed by atoms with van der Waals surface area (Å²) in [5, 5.41) is 3.01. The van der Waals surface area contributed by atoms with Crippen LogP contribution in [0.3, 0.4) is 0 Å². The van der Waals surface area contributed by atoms with Gasteiger partial charge in [0.05, 0.1) is 0 Å². The SMILES string of the molecule is CCCCCCCCNC(=O)[C@H]1CCCC[C@@H]1C=O. The molecule has 3 nitrogen and oxygen atoms in total. The second-order valence-electron chi connectivity index (χ2n) is 5.75. The number of rotatable bonds is 9. The Balaban J connectivity index is 2.11. The number of carbonyl (C=O) groups is 2. The van der Waals surface area contributed by atoms with Gasteiger partial charge in [0.1, 0.15) is 6.29 Å². The molecule has 3 heteroatoms. The molecule has 19 heavy (non-hydrogen) atoms. The van der Waals surface area contributed by atoms with Gasteiger partial charge in [-0.3, -0.25) is 4.79 Å². The van der Waals surface area contributed by atoms with Gasteiger partial charge in [-0.25, -0.2) is 0 Å². The van der Waals surface area contributed by atoms with Crippen LogP contribution in [-0.2, 0) is 9.59 Å². The fourth-order valence-electron chi connectivity index (χ4n) is 2.90. The minimum atomic E-state index is -0.0636. The summed E-state index contributed by atoms with van der Waals surface area (Å²) in [6.45, 7) is 2.99. The van der Waals surface area contributed by atoms with Crippen LogP contribution in [0.15, 0.2) is 0 Å². The summed E-state index contributed by atoms with van der Waals surface area (Å²) >= 11 is 0. The first-order valence-corrected chi connectivity index (χ1v) is 8.02. The van der Waals surface area contributed by atoms with Crippen molar-refractivity contribution in [3.8, 4) is 0 Å². The van der Waals surface area contributed by atoms with Crippen LogP contribution < -0.4 is 5.32 Å². The van der Waals surface area contributed by atoms with Gasteiger partial charge in [-0.1, -0.05) is 51.9 Å². The summed E-state index contributed by atoms with van der Waals surface area (Å²) in [6.07, 6.45) is 12.3. The third-order valence-corrected chi connectivity index (χ3v) is 4.16. The molecule has 0 heterocycles. The number of unbranched alkanes of at least 4 members (excludes halogenated alkanes) is 5. The van der Waals surface area contributed by atoms with Crippen LogP contribution in [0.5, 0.6) is 0 Å². The van der Waals surface area contributed by atoms with Crippen molar-refractivity contribution < 1.29 is 9.59 Å². The van der Waals surface area contributed by atoms with Gasteiger partial charge in [-0.2, -0.15) is 0 Å². The Bertz CT molecular complexity index is 265. The molecule has 2 atom stereocenters. The summed E-state index contributed by atoms with van der Waals surface area (Å²) in [5.74, 6) is -0.00463. The smallest absolute Gasteiger partial charge is 0.223 e. The molecule has 110 valence electrons. The Labute approximate surface area is 117 Å². The van der Waals surface area contributed by atoms with Crippen LogP contribution in [-0.4, -0.2) is 18.7 Å². The summed E-state index contributed by atoms with van der Waals surface area (Å²) in [5.41, 5.74) is 0. The van der Waals surface area contributed by atoms with E-state index in [1.165, 1.54) is 32.1 Å². The first-order chi connectivity index (χ1) is 9.29. The Hall–Kier alpha value is -0.860. The van der Waals surface area contributed by atoms with Gasteiger partial charge in [0.25, 0.3) is 0 Å². The van der Waals surface area contributed by atoms with E-state index in [9.17, 15) is 9.59 Å². The van der Waals surface area contributed by atoms with Gasteiger partial charge in [0.2, 0.25) is 5.91 Å². The number of aldehydes is 1. The molecule has 0 radical (unpaired) electrons. The molecule has 1 saturated carbocycles. The van der Waals surface area contributed by atoms with E-state index in [2.05, 4.69) is 12.2 Å². The van der Waals surface area contributed by atoms with E-state index in [4.69, 9.17) is 0 Å². The maximum Gasteiger partial charge on any atom is 0.223 e. The van der Waals surface area contributed by atoms with Crippen molar-refractivity contribution in [1.82, 2.24) is 5.32 Å². The minimum Gasteiger partial charge on any atom is -0.356 e. The predicted molar refractivity (Wildman–Crippen MR) is 77.9 cm³/mol. The molecule has 1 N–H and O–H groups in total. The highest BCUT2D eigenvalue weighted by Crippen LogP contribution is 2.28. The van der Waals surface area contributed by atoms with Crippen molar-refractivity contribution in [3.05, 3.63) is 0 Å². The van der Waals surface area contributed by atoms with E-state index < -0.39 is 0 Å². The molecule has 1 aliphatic rings. The number of hydrogen-bond acceptors (Lipinski definition) is 2. The standard InChI is InChI=1S/C16H29NO2/c1-2-3-4-5-6-9-12-17-16(19)15-11-8-7-10-14(15)13-18/h13-15H,2-12H2,1H3,(H,17,19)/t14-,15+/m1/s1. The van der Waals surface area contributed by atoms with E-state index in [-0.39, 0.29) is 17.7 Å². The lowest BCUT2D eigenvalue weighted by atomic mass is 9.79. The number of hydrogen-bond donors (Lipinski definition) is 1. The largest absolute Gasteiger partial charge is 0.356 e. The lowest BCUT2D eigenvalue weighted by Gasteiger charge is -2.26. The van der Waals surface area contributed by atoms with Crippen molar-refractivity contribution in [1.29, 1.82) is 0 Å². The molecule has 1 rings (SSSR count). The van der Waals surface area contributed by atoms with E-state index >= 15 is 0 Å². The van der Waals surface area contributed by atoms with Gasteiger partial charge in [0.15, 0.2) is 0 Å². The molecular weight excluding hydrogens is 238 g/mol. The van der Waals surface area contributed by atoms with Crippen molar-refractivity contribution >= 4 is 12.2 Å². The van der Waals surface area contributed by atoms with Gasteiger partial charge in [-0.05, 0) is 19.3 Å². The third kappa shape index (κ3) is 6.22. The topological polar surface area (TPSA) is 46.2 Å². The highest BCUT2D eigenvalue weighted by atomic mass is 16.2. The average molecular weight is 267 g/mol. The normalized spacial score (nSPS) is 23.0. The summed E-state index contributed by atoms with van der Waals surface area (Å²) in [6, 6.07) is 0. The maximum absolute atomic E-state index is 12.0. The first-order valence-electron chi connectivity index (χ1n) is 8.02. The molecule has 0 bridgehead atoms. The molecular formula is C16H29NO2. The van der Waals surface area contributed by atoms with Crippen LogP contribution in [0.2, 0.25) is 0 Å². The molecule has 0 aromatic heterocycles. The van der Waals surface area contributed by atoms with Crippen molar-refractivity contribution in [2.45, 2.75) is 71.1 Å². The number of nitrogens with one attached hydrogen (secondary N) is 1. The van der Waals surface area contributed by atoms with Gasteiger partial charge >= 0.3 is 0 Å². The van der Waals surface area contributed by atoms with Gasteiger partial charge < -0.3 is 10.1 Å². The fourth-order valence-corrected chi connectivity index (χ4v) is 2.90. The molecule has 0 spiro atoms. The fraction of sp³-hybridized carbons (Fsp3) is 0.875. The van der Waals surface area contributed by atoms with Crippen molar-refractivity contribution in [2.75, 3.05) is 6.54 Å². The zero-order valence-electron chi connectivity index (χ0n) is 12.3. The zero-order valence-corrected chi connectivity index (χ0v) is 12.3. The molecule has 0 aromatic rings. The van der Waals surface area contributed by atoms with Crippen molar-refractivity contribution in [2.24, 2.45) is 11.8 Å². The number of carbonyl (C=O) groups excluding carboxylic acids is 2. The molecule has 0 unspecified atom stereocenters. The Kier molecular flexibility index (Phi) is 8.52. The average Bonchev–Trinajstić information content (AvgIpc) is 2.46. The molecule has 0 saturated heterocycles.